The van der Waals surface area contributed by atoms with Crippen molar-refractivity contribution in [3.05, 3.63) is 23.8 Å². The molecular formula is C63H98O28. The molecule has 0 aromatic rings. The molecule has 0 aromatic heterocycles. The molecule has 10 aliphatic rings. The Hall–Kier alpha value is -2.99. The quantitative estimate of drug-likeness (QED) is 0.0346. The van der Waals surface area contributed by atoms with Crippen LogP contribution in [0.5, 0.6) is 0 Å². The number of aliphatic hydroxyl groups excluding tert-OH is 11. The summed E-state index contributed by atoms with van der Waals surface area (Å²) in [7, 11) is 1.21. The zero-order valence-corrected chi connectivity index (χ0v) is 53.7. The van der Waals surface area contributed by atoms with E-state index in [0.717, 1.165) is 5.57 Å². The van der Waals surface area contributed by atoms with E-state index in [0.29, 0.717) is 51.4 Å². The molecule has 4 aliphatic carbocycles. The molecule has 518 valence electrons. The highest BCUT2D eigenvalue weighted by atomic mass is 16.8. The fourth-order valence-corrected chi connectivity index (χ4v) is 17.9. The van der Waals surface area contributed by atoms with Gasteiger partial charge in [0.1, 0.15) is 110 Å². The number of methoxy groups -OCH3 is 1. The van der Waals surface area contributed by atoms with Crippen LogP contribution in [-0.4, -0.2) is 266 Å². The third kappa shape index (κ3) is 12.3. The molecule has 11 N–H and O–H groups in total. The van der Waals surface area contributed by atoms with Gasteiger partial charge < -0.3 is 122 Å². The minimum atomic E-state index is -1.96. The number of fused-ring (bicyclic) bond motifs is 4. The first kappa shape index (κ1) is 70.8. The second-order valence-electron chi connectivity index (χ2n) is 28.5. The minimum absolute atomic E-state index is 0.0506. The van der Waals surface area contributed by atoms with Gasteiger partial charge in [-0.25, -0.2) is 0 Å². The van der Waals surface area contributed by atoms with Crippen LogP contribution in [0.15, 0.2) is 23.8 Å². The Labute approximate surface area is 529 Å². The van der Waals surface area contributed by atoms with Crippen LogP contribution in [0.4, 0.5) is 0 Å². The molecule has 9 fully saturated rings. The predicted molar refractivity (Wildman–Crippen MR) is 307 cm³/mol. The van der Waals surface area contributed by atoms with Gasteiger partial charge in [0, 0.05) is 21.0 Å². The molecule has 1 unspecified atom stereocenters. The fraction of sp³-hybridized carbons (Fsp3) is 0.889. The van der Waals surface area contributed by atoms with Gasteiger partial charge in [-0.2, -0.15) is 0 Å². The first-order valence-electron chi connectivity index (χ1n) is 32.0. The van der Waals surface area contributed by atoms with Crippen LogP contribution >= 0.6 is 0 Å². The second kappa shape index (κ2) is 26.8. The van der Waals surface area contributed by atoms with Crippen LogP contribution in [0.1, 0.15) is 121 Å². The summed E-state index contributed by atoms with van der Waals surface area (Å²) in [6, 6.07) is 0. The lowest BCUT2D eigenvalue weighted by Gasteiger charge is -2.63. The van der Waals surface area contributed by atoms with Crippen molar-refractivity contribution in [2.45, 2.75) is 286 Å². The van der Waals surface area contributed by atoms with Crippen molar-refractivity contribution >= 4 is 17.9 Å². The second-order valence-corrected chi connectivity index (χ2v) is 28.5. The minimum Gasteiger partial charge on any atom is -0.462 e. The molecule has 6 saturated heterocycles. The largest absolute Gasteiger partial charge is 0.462 e. The summed E-state index contributed by atoms with van der Waals surface area (Å²) < 4.78 is 84.9. The molecular weight excluding hydrogens is 1200 g/mol. The molecule has 10 rings (SSSR count). The lowest BCUT2D eigenvalue weighted by atomic mass is 9.41. The van der Waals surface area contributed by atoms with Crippen molar-refractivity contribution in [2.75, 3.05) is 26.9 Å². The highest BCUT2D eigenvalue weighted by molar-refractivity contribution is 5.84. The Morgan fingerprint density at radius 2 is 1.29 bits per heavy atom. The molecule has 0 radical (unpaired) electrons. The average Bonchev–Trinajstić information content (AvgIpc) is 1.51. The summed E-state index contributed by atoms with van der Waals surface area (Å²) >= 11 is 0. The Morgan fingerprint density at radius 3 is 1.95 bits per heavy atom. The Kier molecular flexibility index (Phi) is 20.8. The molecule has 0 aromatic carbocycles. The Bertz CT molecular complexity index is 2650. The SMILES string of the molecule is C=C(C)CCC(OC(C)=O)[C@]1(C)OC(=O)[C@]23CC=C4[C@@H](CC[C@H]5C(C)(C)[C@@H](O[C@@H]6OC[C@@H](O[C@@H]7O[C@H](C)[C@@H](O)[C@H](O)[C@H]7O)[C@H](O)[C@H]6O[C@@H]6O[C@H](C)[C@@H](O[C@@H]7OC[C@@H](O)[C@H](O[C@@H]8O[C@H](CO)[C@@H](O)[C@H](OC)[C@H]8O)[C@H]7O)[C@H](O)[C@H]6O)CC[C@]45C)[C@]2(C)C[C@H](OC(C)=O)[C@H]13. The van der Waals surface area contributed by atoms with Gasteiger partial charge in [0.2, 0.25) is 0 Å². The molecule has 3 saturated carbocycles. The summed E-state index contributed by atoms with van der Waals surface area (Å²) in [4.78, 5) is 40.8. The third-order valence-corrected chi connectivity index (χ3v) is 22.6. The number of rotatable bonds is 18. The Balaban J connectivity index is 0.876. The van der Waals surface area contributed by atoms with E-state index in [9.17, 15) is 65.8 Å². The average molecular weight is 1300 g/mol. The van der Waals surface area contributed by atoms with Crippen molar-refractivity contribution in [3.63, 3.8) is 0 Å². The van der Waals surface area contributed by atoms with Gasteiger partial charge in [0.05, 0.1) is 49.5 Å². The molecule has 28 heteroatoms. The molecule has 91 heavy (non-hydrogen) atoms. The van der Waals surface area contributed by atoms with Crippen LogP contribution in [-0.2, 0) is 80.7 Å². The maximum atomic E-state index is 15.0. The van der Waals surface area contributed by atoms with Crippen LogP contribution < -0.4 is 0 Å². The smallest absolute Gasteiger partial charge is 0.314 e. The van der Waals surface area contributed by atoms with Gasteiger partial charge >= 0.3 is 17.9 Å². The van der Waals surface area contributed by atoms with Crippen molar-refractivity contribution < 1.29 is 137 Å². The van der Waals surface area contributed by atoms with Crippen LogP contribution in [0.3, 0.4) is 0 Å². The molecule has 6 aliphatic heterocycles. The van der Waals surface area contributed by atoms with Gasteiger partial charge in [-0.3, -0.25) is 14.4 Å². The van der Waals surface area contributed by atoms with Gasteiger partial charge in [-0.15, -0.1) is 6.58 Å². The van der Waals surface area contributed by atoms with Crippen LogP contribution in [0.2, 0.25) is 0 Å². The normalized spacial score (nSPS) is 50.7. The standard InChI is InChI=1S/C63H98O28/c1-25(2)13-16-38(84-29(6)66)62(11)52-33(83-28(5)65)21-61(10)31-14-15-36-59(7,8)37(18-19-60(36,9)30(31)17-20-63(52,61)58(77)91-62)87-57-51(41(70)35(24-80-57)86-54-44(73)42(71)39(68)26(3)81-54)90-55-45(74)43(72)48(27(4)82-55)88-53-46(75)49(32(67)23-79-53)89-56-47(76)50(78-12)40(69)34(22-64)85-56/h17,26-27,31-57,64,67-76H,1,13-16,18-24H2,2-12H3/t26-,27-,31-,32-,33+,34-,35-,36+,37+,38?,39-,40-,41+,42+,43-,44-,45-,46-,47-,48-,49+,50+,51-,52-,53+,54+,55+,56+,57+,60-,61+,62+,63-/m1/s1. The number of hydrogen-bond donors (Lipinski definition) is 11. The maximum absolute atomic E-state index is 15.0. The molecule has 1 spiro atoms. The molecule has 6 heterocycles. The first-order chi connectivity index (χ1) is 42.7. The van der Waals surface area contributed by atoms with Gasteiger partial charge in [0.15, 0.2) is 37.1 Å². The van der Waals surface area contributed by atoms with Crippen molar-refractivity contribution in [1.29, 1.82) is 0 Å². The molecule has 0 bridgehead atoms. The van der Waals surface area contributed by atoms with Gasteiger partial charge in [-0.05, 0) is 107 Å². The van der Waals surface area contributed by atoms with E-state index in [1.54, 1.807) is 6.92 Å². The summed E-state index contributed by atoms with van der Waals surface area (Å²) in [5.74, 6) is -2.29. The number of ether oxygens (including phenoxy) is 14. The maximum Gasteiger partial charge on any atom is 0.314 e. The number of allylic oxidation sites excluding steroid dienone is 3. The number of aliphatic hydroxyl groups is 11. The monoisotopic (exact) mass is 1300 g/mol. The Morgan fingerprint density at radius 1 is 0.659 bits per heavy atom. The molecule has 0 amide bonds. The van der Waals surface area contributed by atoms with E-state index < -0.39 is 224 Å². The number of cyclic esters (lactones) is 1. The van der Waals surface area contributed by atoms with E-state index in [-0.39, 0.29) is 18.4 Å². The molecule has 28 nitrogen and oxygen atoms in total. The van der Waals surface area contributed by atoms with E-state index in [2.05, 4.69) is 40.3 Å². The van der Waals surface area contributed by atoms with E-state index in [4.69, 9.17) is 66.3 Å². The topological polar surface area (TPSA) is 403 Å². The number of carbonyl (C=O) groups is 3. The predicted octanol–water partition coefficient (Wildman–Crippen LogP) is -0.814. The summed E-state index contributed by atoms with van der Waals surface area (Å²) in [5.41, 5.74) is -2.29. The zero-order valence-electron chi connectivity index (χ0n) is 53.7. The number of esters is 3. The highest BCUT2D eigenvalue weighted by Gasteiger charge is 2.81. The lowest BCUT2D eigenvalue weighted by Crippen LogP contribution is -2.66. The summed E-state index contributed by atoms with van der Waals surface area (Å²) in [6.45, 7) is 20.3. The fourth-order valence-electron chi connectivity index (χ4n) is 17.9. The van der Waals surface area contributed by atoms with Crippen LogP contribution in [0, 0.1) is 39.4 Å². The number of hydrogen-bond acceptors (Lipinski definition) is 28. The highest BCUT2D eigenvalue weighted by Crippen LogP contribution is 2.76. The van der Waals surface area contributed by atoms with E-state index in [1.807, 2.05) is 6.92 Å². The van der Waals surface area contributed by atoms with E-state index >= 15 is 4.79 Å². The van der Waals surface area contributed by atoms with Crippen molar-refractivity contribution in [2.24, 2.45) is 39.4 Å². The molecule has 33 atom stereocenters. The lowest BCUT2D eigenvalue weighted by molar-refractivity contribution is -0.389. The first-order valence-corrected chi connectivity index (χ1v) is 32.0. The summed E-state index contributed by atoms with van der Waals surface area (Å²) in [6.07, 6.45) is -31.9. The van der Waals surface area contributed by atoms with Gasteiger partial charge in [0.25, 0.3) is 0 Å². The number of carbonyl (C=O) groups excluding carboxylic acids is 3. The van der Waals surface area contributed by atoms with Crippen molar-refractivity contribution in [3.8, 4) is 0 Å². The zero-order chi connectivity index (χ0) is 66.5. The van der Waals surface area contributed by atoms with Crippen LogP contribution in [0.25, 0.3) is 0 Å². The third-order valence-electron chi connectivity index (χ3n) is 22.6. The summed E-state index contributed by atoms with van der Waals surface area (Å²) in [5, 5.41) is 122. The van der Waals surface area contributed by atoms with Gasteiger partial charge in [-0.1, -0.05) is 44.9 Å². The van der Waals surface area contributed by atoms with E-state index in [1.165, 1.54) is 40.4 Å². The van der Waals surface area contributed by atoms with Crippen molar-refractivity contribution in [1.82, 2.24) is 0 Å².